The van der Waals surface area contributed by atoms with Crippen LogP contribution >= 0.6 is 0 Å². The molecular weight excluding hydrogens is 328 g/mol. The number of esters is 1. The van der Waals surface area contributed by atoms with Crippen LogP contribution in [0.15, 0.2) is 42.5 Å². The number of rotatable bonds is 6. The van der Waals surface area contributed by atoms with Gasteiger partial charge >= 0.3 is 5.97 Å². The molecule has 0 heterocycles. The number of para-hydroxylation sites is 1. The van der Waals surface area contributed by atoms with Crippen LogP contribution in [0.25, 0.3) is 0 Å². The molecule has 2 rings (SSSR count). The number of carbonyl (C=O) groups is 2. The molecule has 1 amide bonds. The standard InChI is InChI=1S/C17H16N2O6/c1-11-9-12(19(22)23)7-8-14(11)18-16(20)10-25-17(21)13-5-3-4-6-15(13)24-2/h3-9H,10H2,1-2H3,(H,18,20). The number of nitro groups is 1. The van der Waals surface area contributed by atoms with E-state index in [2.05, 4.69) is 5.32 Å². The van der Waals surface area contributed by atoms with Crippen molar-refractivity contribution in [3.8, 4) is 5.75 Å². The van der Waals surface area contributed by atoms with Crippen LogP contribution in [0.2, 0.25) is 0 Å². The maximum Gasteiger partial charge on any atom is 0.342 e. The number of ether oxygens (including phenoxy) is 2. The number of nitro benzene ring substituents is 1. The molecule has 0 aromatic heterocycles. The van der Waals surface area contributed by atoms with Crippen molar-refractivity contribution in [1.82, 2.24) is 0 Å². The second-order valence-corrected chi connectivity index (χ2v) is 5.08. The monoisotopic (exact) mass is 344 g/mol. The number of aryl methyl sites for hydroxylation is 1. The van der Waals surface area contributed by atoms with E-state index >= 15 is 0 Å². The summed E-state index contributed by atoms with van der Waals surface area (Å²) in [6, 6.07) is 10.5. The predicted octanol–water partition coefficient (Wildman–Crippen LogP) is 2.71. The van der Waals surface area contributed by atoms with Gasteiger partial charge in [0.25, 0.3) is 11.6 Å². The normalized spacial score (nSPS) is 10.0. The van der Waals surface area contributed by atoms with Crippen LogP contribution in [0.5, 0.6) is 5.75 Å². The van der Waals surface area contributed by atoms with Crippen LogP contribution in [0.3, 0.4) is 0 Å². The van der Waals surface area contributed by atoms with Gasteiger partial charge < -0.3 is 14.8 Å². The summed E-state index contributed by atoms with van der Waals surface area (Å²) in [7, 11) is 1.43. The zero-order chi connectivity index (χ0) is 18.4. The lowest BCUT2D eigenvalue weighted by molar-refractivity contribution is -0.384. The smallest absolute Gasteiger partial charge is 0.342 e. The summed E-state index contributed by atoms with van der Waals surface area (Å²) in [6.45, 7) is 1.14. The fraction of sp³-hybridized carbons (Fsp3) is 0.176. The number of carbonyl (C=O) groups excluding carboxylic acids is 2. The number of benzene rings is 2. The quantitative estimate of drug-likeness (QED) is 0.490. The van der Waals surface area contributed by atoms with E-state index in [9.17, 15) is 19.7 Å². The lowest BCUT2D eigenvalue weighted by Crippen LogP contribution is -2.21. The molecule has 0 saturated carbocycles. The van der Waals surface area contributed by atoms with E-state index < -0.39 is 23.4 Å². The van der Waals surface area contributed by atoms with E-state index in [0.29, 0.717) is 17.0 Å². The van der Waals surface area contributed by atoms with Gasteiger partial charge in [-0.1, -0.05) is 12.1 Å². The second kappa shape index (κ2) is 7.91. The van der Waals surface area contributed by atoms with Crippen molar-refractivity contribution in [2.75, 3.05) is 19.0 Å². The molecule has 2 aromatic rings. The Kier molecular flexibility index (Phi) is 5.67. The molecule has 0 aliphatic heterocycles. The van der Waals surface area contributed by atoms with Crippen molar-refractivity contribution in [3.63, 3.8) is 0 Å². The van der Waals surface area contributed by atoms with Gasteiger partial charge in [-0.05, 0) is 30.7 Å². The summed E-state index contributed by atoms with van der Waals surface area (Å²) in [4.78, 5) is 34.1. The van der Waals surface area contributed by atoms with Crippen molar-refractivity contribution < 1.29 is 24.0 Å². The molecule has 25 heavy (non-hydrogen) atoms. The maximum absolute atomic E-state index is 12.0. The molecule has 0 bridgehead atoms. The average molecular weight is 344 g/mol. The molecule has 130 valence electrons. The minimum atomic E-state index is -0.687. The Labute approximate surface area is 143 Å². The SMILES string of the molecule is COc1ccccc1C(=O)OCC(=O)Nc1ccc([N+](=O)[O-])cc1C. The zero-order valence-corrected chi connectivity index (χ0v) is 13.6. The molecule has 0 radical (unpaired) electrons. The highest BCUT2D eigenvalue weighted by Gasteiger charge is 2.15. The molecule has 8 heteroatoms. The average Bonchev–Trinajstić information content (AvgIpc) is 2.61. The van der Waals surface area contributed by atoms with Gasteiger partial charge in [0.2, 0.25) is 0 Å². The van der Waals surface area contributed by atoms with Crippen LogP contribution in [0.4, 0.5) is 11.4 Å². The molecule has 0 fully saturated rings. The Balaban J connectivity index is 1.97. The molecule has 1 N–H and O–H groups in total. The molecule has 0 saturated heterocycles. The summed E-state index contributed by atoms with van der Waals surface area (Å²) in [6.07, 6.45) is 0. The van der Waals surface area contributed by atoms with Crippen LogP contribution in [0.1, 0.15) is 15.9 Å². The number of nitrogens with zero attached hydrogens (tertiary/aromatic N) is 1. The Hall–Kier alpha value is -3.42. The van der Waals surface area contributed by atoms with Crippen LogP contribution in [-0.4, -0.2) is 30.5 Å². The first-order valence-electron chi connectivity index (χ1n) is 7.27. The van der Waals surface area contributed by atoms with Crippen molar-refractivity contribution in [2.24, 2.45) is 0 Å². The third-order valence-electron chi connectivity index (χ3n) is 3.36. The van der Waals surface area contributed by atoms with E-state index in [4.69, 9.17) is 9.47 Å². The fourth-order valence-electron chi connectivity index (χ4n) is 2.11. The number of non-ortho nitro benzene ring substituents is 1. The lowest BCUT2D eigenvalue weighted by Gasteiger charge is -2.10. The highest BCUT2D eigenvalue weighted by atomic mass is 16.6. The summed E-state index contributed by atoms with van der Waals surface area (Å²) in [5.74, 6) is -0.896. The Bertz CT molecular complexity index is 819. The number of hydrogen-bond donors (Lipinski definition) is 1. The van der Waals surface area contributed by atoms with Crippen LogP contribution in [-0.2, 0) is 9.53 Å². The molecule has 0 spiro atoms. The maximum atomic E-state index is 12.0. The number of nitrogens with one attached hydrogen (secondary N) is 1. The molecule has 8 nitrogen and oxygen atoms in total. The predicted molar refractivity (Wildman–Crippen MR) is 89.7 cm³/mol. The number of amides is 1. The molecule has 0 aliphatic carbocycles. The molecule has 2 aromatic carbocycles. The van der Waals surface area contributed by atoms with E-state index in [1.54, 1.807) is 25.1 Å². The first-order chi connectivity index (χ1) is 11.9. The van der Waals surface area contributed by atoms with Crippen molar-refractivity contribution in [1.29, 1.82) is 0 Å². The third kappa shape index (κ3) is 4.54. The number of anilines is 1. The van der Waals surface area contributed by atoms with Crippen molar-refractivity contribution in [2.45, 2.75) is 6.92 Å². The van der Waals surface area contributed by atoms with Crippen LogP contribution in [0, 0.1) is 17.0 Å². The van der Waals surface area contributed by atoms with Gasteiger partial charge in [-0.2, -0.15) is 0 Å². The zero-order valence-electron chi connectivity index (χ0n) is 13.6. The van der Waals surface area contributed by atoms with Gasteiger partial charge in [0.1, 0.15) is 11.3 Å². The highest BCUT2D eigenvalue weighted by molar-refractivity contribution is 5.97. The minimum Gasteiger partial charge on any atom is -0.496 e. The van der Waals surface area contributed by atoms with E-state index in [1.165, 1.54) is 31.4 Å². The van der Waals surface area contributed by atoms with Crippen molar-refractivity contribution >= 4 is 23.3 Å². The first-order valence-corrected chi connectivity index (χ1v) is 7.27. The Morgan fingerprint density at radius 1 is 1.20 bits per heavy atom. The van der Waals surface area contributed by atoms with Crippen molar-refractivity contribution in [3.05, 3.63) is 63.7 Å². The van der Waals surface area contributed by atoms with Gasteiger partial charge in [0.15, 0.2) is 6.61 Å². The third-order valence-corrected chi connectivity index (χ3v) is 3.36. The van der Waals surface area contributed by atoms with E-state index in [-0.39, 0.29) is 11.3 Å². The fourth-order valence-corrected chi connectivity index (χ4v) is 2.11. The number of hydrogen-bond acceptors (Lipinski definition) is 6. The van der Waals surface area contributed by atoms with Gasteiger partial charge in [-0.15, -0.1) is 0 Å². The molecular formula is C17H16N2O6. The van der Waals surface area contributed by atoms with E-state index in [0.717, 1.165) is 0 Å². The van der Waals surface area contributed by atoms with Gasteiger partial charge in [-0.3, -0.25) is 14.9 Å². The number of methoxy groups -OCH3 is 1. The molecule has 0 aliphatic rings. The second-order valence-electron chi connectivity index (χ2n) is 5.08. The van der Waals surface area contributed by atoms with Gasteiger partial charge in [0.05, 0.1) is 12.0 Å². The first kappa shape index (κ1) is 17.9. The summed E-state index contributed by atoms with van der Waals surface area (Å²) in [5.41, 5.74) is 1.07. The lowest BCUT2D eigenvalue weighted by atomic mass is 10.2. The van der Waals surface area contributed by atoms with Crippen LogP contribution < -0.4 is 10.1 Å². The summed E-state index contributed by atoms with van der Waals surface area (Å²) >= 11 is 0. The Morgan fingerprint density at radius 2 is 1.92 bits per heavy atom. The topological polar surface area (TPSA) is 108 Å². The summed E-state index contributed by atoms with van der Waals surface area (Å²) < 4.78 is 10.0. The van der Waals surface area contributed by atoms with Gasteiger partial charge in [0, 0.05) is 17.8 Å². The largest absolute Gasteiger partial charge is 0.496 e. The Morgan fingerprint density at radius 3 is 2.56 bits per heavy atom. The van der Waals surface area contributed by atoms with E-state index in [1.807, 2.05) is 0 Å². The minimum absolute atomic E-state index is 0.0712. The highest BCUT2D eigenvalue weighted by Crippen LogP contribution is 2.21. The molecule has 0 atom stereocenters. The summed E-state index contributed by atoms with van der Waals surface area (Å²) in [5, 5.41) is 13.2. The molecule has 0 unspecified atom stereocenters. The van der Waals surface area contributed by atoms with Gasteiger partial charge in [-0.25, -0.2) is 4.79 Å².